The van der Waals surface area contributed by atoms with Crippen molar-refractivity contribution in [2.45, 2.75) is 51.6 Å². The molecule has 2 aliphatic rings. The fourth-order valence-corrected chi connectivity index (χ4v) is 5.26. The first kappa shape index (κ1) is 26.1. The van der Waals surface area contributed by atoms with E-state index in [2.05, 4.69) is 0 Å². The Morgan fingerprint density at radius 1 is 1.08 bits per heavy atom. The molecule has 1 heterocycles. The number of esters is 1. The van der Waals surface area contributed by atoms with E-state index in [1.165, 1.54) is 26.4 Å². The number of hydrogen-bond acceptors (Lipinski definition) is 8. The van der Waals surface area contributed by atoms with Gasteiger partial charge in [-0.05, 0) is 44.7 Å². The third-order valence-corrected chi connectivity index (χ3v) is 6.83. The maximum absolute atomic E-state index is 13.7. The number of nitrogens with zero attached hydrogens (tertiary/aromatic N) is 2. The molecule has 0 N–H and O–H groups in total. The molecule has 0 aromatic heterocycles. The summed E-state index contributed by atoms with van der Waals surface area (Å²) in [6.45, 7) is 5.15. The molecule has 0 bridgehead atoms. The van der Waals surface area contributed by atoms with Crippen molar-refractivity contribution in [3.63, 3.8) is 0 Å². The summed E-state index contributed by atoms with van der Waals surface area (Å²) in [6, 6.07) is 12.5. The van der Waals surface area contributed by atoms with Crippen LogP contribution >= 0.6 is 0 Å². The molecule has 2 aromatic rings. The van der Waals surface area contributed by atoms with Crippen molar-refractivity contribution < 1.29 is 28.7 Å². The molecule has 37 heavy (non-hydrogen) atoms. The molecule has 0 saturated heterocycles. The van der Waals surface area contributed by atoms with Gasteiger partial charge in [-0.25, -0.2) is 0 Å². The van der Waals surface area contributed by atoms with Crippen LogP contribution in [0, 0.1) is 16.0 Å². The number of benzene rings is 2. The lowest BCUT2D eigenvalue weighted by Crippen LogP contribution is -2.39. The number of nitro benzene ring substituents is 1. The van der Waals surface area contributed by atoms with Crippen LogP contribution in [0.25, 0.3) is 0 Å². The Morgan fingerprint density at radius 3 is 2.32 bits per heavy atom. The molecule has 9 nitrogen and oxygen atoms in total. The summed E-state index contributed by atoms with van der Waals surface area (Å²) >= 11 is 0. The van der Waals surface area contributed by atoms with Crippen molar-refractivity contribution in [3.05, 3.63) is 75.0 Å². The zero-order valence-electron chi connectivity index (χ0n) is 21.5. The van der Waals surface area contributed by atoms with Gasteiger partial charge in [-0.3, -0.25) is 24.7 Å². The van der Waals surface area contributed by atoms with Gasteiger partial charge >= 0.3 is 5.97 Å². The Morgan fingerprint density at radius 2 is 1.73 bits per heavy atom. The fourth-order valence-electron chi connectivity index (χ4n) is 5.26. The van der Waals surface area contributed by atoms with Crippen LogP contribution in [0.4, 0.5) is 5.69 Å². The Labute approximate surface area is 215 Å². The molecule has 194 valence electrons. The molecular weight excluding hydrogens is 476 g/mol. The Bertz CT molecular complexity index is 1300. The minimum Gasteiger partial charge on any atom is -0.493 e. The predicted molar refractivity (Wildman–Crippen MR) is 137 cm³/mol. The Hall–Kier alpha value is -4.01. The number of carbonyl (C=O) groups excluding carboxylic acids is 2. The van der Waals surface area contributed by atoms with Gasteiger partial charge in [0.15, 0.2) is 17.3 Å². The van der Waals surface area contributed by atoms with E-state index in [0.29, 0.717) is 23.4 Å². The van der Waals surface area contributed by atoms with Gasteiger partial charge in [0, 0.05) is 34.9 Å². The smallest absolute Gasteiger partial charge is 0.315 e. The second-order valence-electron chi connectivity index (χ2n) is 9.52. The normalized spacial score (nSPS) is 21.3. The molecule has 0 saturated carbocycles. The Kier molecular flexibility index (Phi) is 7.42. The highest BCUT2D eigenvalue weighted by Gasteiger charge is 2.47. The Balaban J connectivity index is 1.94. The van der Waals surface area contributed by atoms with Gasteiger partial charge in [-0.2, -0.15) is 0 Å². The molecule has 3 atom stereocenters. The van der Waals surface area contributed by atoms with Gasteiger partial charge in [0.05, 0.1) is 31.3 Å². The van der Waals surface area contributed by atoms with Crippen LogP contribution in [-0.4, -0.2) is 42.7 Å². The fraction of sp³-hybridized carbons (Fsp3) is 0.393. The maximum Gasteiger partial charge on any atom is 0.315 e. The molecule has 0 radical (unpaired) electrons. The number of methoxy groups -OCH3 is 2. The van der Waals surface area contributed by atoms with Gasteiger partial charge in [0.2, 0.25) is 0 Å². The number of Topliss-reactive ketones (excluding diaryl/α,β-unsaturated/α-hetero) is 1. The molecule has 2 aromatic carbocycles. The molecule has 1 aliphatic heterocycles. The monoisotopic (exact) mass is 506 g/mol. The largest absolute Gasteiger partial charge is 0.493 e. The maximum atomic E-state index is 13.7. The summed E-state index contributed by atoms with van der Waals surface area (Å²) < 4.78 is 16.3. The topological polar surface area (TPSA) is 117 Å². The zero-order valence-corrected chi connectivity index (χ0v) is 21.5. The van der Waals surface area contributed by atoms with Crippen LogP contribution in [0.1, 0.15) is 56.6 Å². The lowest BCUT2D eigenvalue weighted by atomic mass is 9.69. The van der Waals surface area contributed by atoms with E-state index in [0.717, 1.165) is 5.56 Å². The van der Waals surface area contributed by atoms with Crippen LogP contribution < -0.4 is 9.47 Å². The summed E-state index contributed by atoms with van der Waals surface area (Å²) in [4.78, 5) is 43.5. The second kappa shape index (κ2) is 10.5. The summed E-state index contributed by atoms with van der Waals surface area (Å²) in [6.07, 6.45) is 0.272. The number of ether oxygens (including phenoxy) is 3. The standard InChI is InChI=1S/C28H30N2O7/c1-15(2)37-28(32)25-16(3)29-20-11-18(17-9-7-6-8-10-17)12-22(31)27(20)26(25)19-13-23(35-4)24(36-5)14-21(19)30(33)34/h6-10,13-15,18,25-26H,11-12H2,1-5H3/t18-,25?,26+/m1/s1. The quantitative estimate of drug-likeness (QED) is 0.290. The lowest BCUT2D eigenvalue weighted by Gasteiger charge is -2.36. The van der Waals surface area contributed by atoms with Gasteiger partial charge in [0.1, 0.15) is 5.92 Å². The molecular formula is C28H30N2O7. The van der Waals surface area contributed by atoms with Crippen molar-refractivity contribution in [3.8, 4) is 11.5 Å². The number of allylic oxidation sites excluding steroid dienone is 2. The third kappa shape index (κ3) is 4.98. The summed E-state index contributed by atoms with van der Waals surface area (Å²) in [5, 5.41) is 12.2. The first-order valence-corrected chi connectivity index (χ1v) is 12.1. The van der Waals surface area contributed by atoms with Crippen LogP contribution in [0.15, 0.2) is 58.7 Å². The van der Waals surface area contributed by atoms with Crippen molar-refractivity contribution in [1.82, 2.24) is 0 Å². The van der Waals surface area contributed by atoms with E-state index in [1.54, 1.807) is 20.8 Å². The average molecular weight is 507 g/mol. The van der Waals surface area contributed by atoms with Crippen molar-refractivity contribution in [2.75, 3.05) is 14.2 Å². The minimum absolute atomic E-state index is 0.0794. The van der Waals surface area contributed by atoms with Crippen molar-refractivity contribution >= 4 is 23.2 Å². The van der Waals surface area contributed by atoms with Crippen LogP contribution in [0.5, 0.6) is 11.5 Å². The van der Waals surface area contributed by atoms with E-state index < -0.39 is 28.8 Å². The van der Waals surface area contributed by atoms with Gasteiger partial charge in [0.25, 0.3) is 5.69 Å². The average Bonchev–Trinajstić information content (AvgIpc) is 2.86. The van der Waals surface area contributed by atoms with Crippen molar-refractivity contribution in [1.29, 1.82) is 0 Å². The minimum atomic E-state index is -1.00. The number of ketones is 1. The number of carbonyl (C=O) groups is 2. The number of aliphatic imine (C=N–C) groups is 1. The highest BCUT2D eigenvalue weighted by Crippen LogP contribution is 2.50. The predicted octanol–water partition coefficient (Wildman–Crippen LogP) is 5.14. The molecule has 0 spiro atoms. The summed E-state index contributed by atoms with van der Waals surface area (Å²) in [5.74, 6) is -2.39. The van der Waals surface area contributed by atoms with Crippen LogP contribution in [0.2, 0.25) is 0 Å². The van der Waals surface area contributed by atoms with Crippen LogP contribution in [0.3, 0.4) is 0 Å². The first-order valence-electron chi connectivity index (χ1n) is 12.1. The molecule has 1 aliphatic carbocycles. The molecule has 4 rings (SSSR count). The number of nitro groups is 1. The first-order chi connectivity index (χ1) is 17.7. The molecule has 0 amide bonds. The summed E-state index contributed by atoms with van der Waals surface area (Å²) in [5.41, 5.74) is 2.24. The van der Waals surface area contributed by atoms with Crippen LogP contribution in [-0.2, 0) is 14.3 Å². The van der Waals surface area contributed by atoms with Crippen molar-refractivity contribution in [2.24, 2.45) is 10.9 Å². The van der Waals surface area contributed by atoms with E-state index in [-0.39, 0.29) is 40.9 Å². The van der Waals surface area contributed by atoms with Gasteiger partial charge in [-0.15, -0.1) is 0 Å². The summed E-state index contributed by atoms with van der Waals surface area (Å²) in [7, 11) is 2.81. The molecule has 1 unspecified atom stereocenters. The van der Waals surface area contributed by atoms with E-state index in [9.17, 15) is 19.7 Å². The van der Waals surface area contributed by atoms with E-state index in [4.69, 9.17) is 19.2 Å². The number of rotatable bonds is 7. The van der Waals surface area contributed by atoms with E-state index in [1.807, 2.05) is 30.3 Å². The highest BCUT2D eigenvalue weighted by molar-refractivity contribution is 6.09. The zero-order chi connectivity index (χ0) is 26.9. The second-order valence-corrected chi connectivity index (χ2v) is 9.52. The third-order valence-electron chi connectivity index (χ3n) is 6.83. The highest BCUT2D eigenvalue weighted by atomic mass is 16.6. The lowest BCUT2D eigenvalue weighted by molar-refractivity contribution is -0.385. The number of hydrogen-bond donors (Lipinski definition) is 0. The van der Waals surface area contributed by atoms with Gasteiger partial charge < -0.3 is 14.2 Å². The SMILES string of the molecule is COc1cc([C@@H]2C3=C(C[C@@H](c4ccccc4)CC3=O)N=C(C)C2C(=O)OC(C)C)c([N+](=O)[O-])cc1OC. The van der Waals surface area contributed by atoms with Gasteiger partial charge in [-0.1, -0.05) is 30.3 Å². The molecule has 0 fully saturated rings. The molecule has 9 heteroatoms. The van der Waals surface area contributed by atoms with E-state index >= 15 is 0 Å².